The van der Waals surface area contributed by atoms with Crippen LogP contribution in [0.5, 0.6) is 11.5 Å². The number of carbonyl (C=O) groups is 1. The van der Waals surface area contributed by atoms with Gasteiger partial charge in [-0.2, -0.15) is 0 Å². The number of hydrogen-bond donors (Lipinski definition) is 1. The molecule has 2 aromatic heterocycles. The maximum absolute atomic E-state index is 12.3. The number of alkyl halides is 3. The molecule has 4 rings (SSSR count). The molecule has 0 saturated heterocycles. The second-order valence-corrected chi connectivity index (χ2v) is 8.57. The first-order valence-corrected chi connectivity index (χ1v) is 12.0. The molecule has 1 N–H and O–H groups in total. The monoisotopic (exact) mass is 566 g/mol. The van der Waals surface area contributed by atoms with Crippen LogP contribution in [0.3, 0.4) is 0 Å². The molecular formula is C27H26F3N4NaO5. The number of benzene rings is 2. The fourth-order valence-corrected chi connectivity index (χ4v) is 3.63. The summed E-state index contributed by atoms with van der Waals surface area (Å²) < 4.78 is 53.1. The third kappa shape index (κ3) is 10.5. The summed E-state index contributed by atoms with van der Waals surface area (Å²) in [4.78, 5) is 15.0. The molecule has 0 aliphatic carbocycles. The predicted molar refractivity (Wildman–Crippen MR) is 141 cm³/mol. The van der Waals surface area contributed by atoms with Gasteiger partial charge >= 0.3 is 41.9 Å². The summed E-state index contributed by atoms with van der Waals surface area (Å²) in [6.45, 7) is 0.0176. The molecule has 0 aliphatic heterocycles. The number of unbranched alkanes of at least 4 members (excludes halogenated alkanes) is 1. The maximum atomic E-state index is 12.3. The summed E-state index contributed by atoms with van der Waals surface area (Å²) in [5.41, 5.74) is 3.20. The minimum atomic E-state index is -4.73. The number of aromatic nitrogens is 4. The molecule has 0 unspecified atom stereocenters. The van der Waals surface area contributed by atoms with Crippen LogP contribution in [0.15, 0.2) is 65.4 Å². The number of carboxylic acids is 1. The Kier molecular flexibility index (Phi) is 11.4. The van der Waals surface area contributed by atoms with Gasteiger partial charge in [0.15, 0.2) is 0 Å². The number of hydrogen-bond acceptors (Lipinski definition) is 7. The number of aliphatic carboxylic acids is 1. The fourth-order valence-electron chi connectivity index (χ4n) is 3.63. The van der Waals surface area contributed by atoms with E-state index in [2.05, 4.69) is 20.0 Å². The van der Waals surface area contributed by atoms with Gasteiger partial charge in [-0.3, -0.25) is 4.79 Å². The first-order chi connectivity index (χ1) is 18.7. The van der Waals surface area contributed by atoms with Gasteiger partial charge in [-0.1, -0.05) is 29.5 Å². The van der Waals surface area contributed by atoms with Crippen LogP contribution >= 0.6 is 0 Å². The fraction of sp³-hybridized carbons (Fsp3) is 0.259. The summed E-state index contributed by atoms with van der Waals surface area (Å²) in [6.07, 6.45) is 5.17. The number of oxazole rings is 1. The van der Waals surface area contributed by atoms with Crippen molar-refractivity contribution in [1.82, 2.24) is 20.0 Å². The molecule has 0 fully saturated rings. The van der Waals surface area contributed by atoms with Crippen LogP contribution in [0.1, 0.15) is 41.2 Å². The van der Waals surface area contributed by atoms with Crippen LogP contribution in [-0.4, -0.2) is 67.0 Å². The molecule has 2 aromatic carbocycles. The topological polar surface area (TPSA) is 112 Å². The van der Waals surface area contributed by atoms with Gasteiger partial charge in [0, 0.05) is 12.3 Å². The molecule has 0 saturated carbocycles. The third-order valence-electron chi connectivity index (χ3n) is 5.44. The van der Waals surface area contributed by atoms with Crippen molar-refractivity contribution >= 4 is 47.7 Å². The first kappa shape index (κ1) is 30.9. The van der Waals surface area contributed by atoms with Crippen molar-refractivity contribution in [3.8, 4) is 11.5 Å². The van der Waals surface area contributed by atoms with Crippen LogP contribution in [0.25, 0.3) is 12.2 Å². The summed E-state index contributed by atoms with van der Waals surface area (Å²) in [6, 6.07) is 13.2. The van der Waals surface area contributed by atoms with Crippen LogP contribution in [-0.2, 0) is 30.8 Å². The Morgan fingerprint density at radius 3 is 2.38 bits per heavy atom. The number of halogens is 3. The van der Waals surface area contributed by atoms with Crippen LogP contribution < -0.4 is 9.47 Å². The van der Waals surface area contributed by atoms with Crippen molar-refractivity contribution in [2.24, 2.45) is 0 Å². The quantitative estimate of drug-likeness (QED) is 0.179. The van der Waals surface area contributed by atoms with Crippen LogP contribution in [0.4, 0.5) is 13.2 Å². The zero-order chi connectivity index (χ0) is 27.7. The van der Waals surface area contributed by atoms with E-state index >= 15 is 0 Å². The van der Waals surface area contributed by atoms with E-state index in [1.54, 1.807) is 18.3 Å². The molecule has 206 valence electrons. The van der Waals surface area contributed by atoms with E-state index in [-0.39, 0.29) is 48.5 Å². The van der Waals surface area contributed by atoms with Crippen molar-refractivity contribution in [3.05, 3.63) is 89.4 Å². The van der Waals surface area contributed by atoms with Crippen LogP contribution in [0, 0.1) is 0 Å². The normalized spacial score (nSPS) is 11.4. The number of rotatable bonds is 13. The molecule has 0 radical (unpaired) electrons. The van der Waals surface area contributed by atoms with E-state index < -0.39 is 12.3 Å². The summed E-state index contributed by atoms with van der Waals surface area (Å²) in [5.74, 6) is -0.217. The molecule has 13 heteroatoms. The van der Waals surface area contributed by atoms with Gasteiger partial charge in [-0.05, 0) is 67.2 Å². The number of carboxylic acid groups (broad SMARTS) is 1. The molecule has 40 heavy (non-hydrogen) atoms. The van der Waals surface area contributed by atoms with Crippen LogP contribution in [0.2, 0.25) is 0 Å². The summed E-state index contributed by atoms with van der Waals surface area (Å²) in [7, 11) is 0. The Balaban J connectivity index is 0.00000441. The Hall–Kier alpha value is -3.61. The van der Waals surface area contributed by atoms with Gasteiger partial charge in [-0.25, -0.2) is 9.67 Å². The van der Waals surface area contributed by atoms with E-state index in [0.29, 0.717) is 22.9 Å². The summed E-state index contributed by atoms with van der Waals surface area (Å²) >= 11 is 0. The number of ether oxygens (including phenoxy) is 2. The molecule has 0 bridgehead atoms. The van der Waals surface area contributed by atoms with Gasteiger partial charge in [0.25, 0.3) is 0 Å². The SMILES string of the molecule is O=C(O)Cn1cc(CCCCc2ccc(OCc3coc(C=Cc4ccc(OC(F)(F)F)cc4)n3)cc2)nn1.[NaH]. The Labute approximate surface area is 249 Å². The van der Waals surface area contributed by atoms with E-state index in [1.807, 2.05) is 24.3 Å². The summed E-state index contributed by atoms with van der Waals surface area (Å²) in [5, 5.41) is 16.6. The van der Waals surface area contributed by atoms with E-state index in [4.69, 9.17) is 14.3 Å². The van der Waals surface area contributed by atoms with E-state index in [9.17, 15) is 18.0 Å². The van der Waals surface area contributed by atoms with Crippen molar-refractivity contribution in [2.45, 2.75) is 45.2 Å². The minimum absolute atomic E-state index is 0. The van der Waals surface area contributed by atoms with E-state index in [0.717, 1.165) is 31.4 Å². The van der Waals surface area contributed by atoms with Gasteiger partial charge in [0.05, 0.1) is 5.69 Å². The van der Waals surface area contributed by atoms with Gasteiger partial charge in [0.1, 0.15) is 36.6 Å². The third-order valence-corrected chi connectivity index (χ3v) is 5.44. The molecule has 4 aromatic rings. The average molecular weight is 567 g/mol. The average Bonchev–Trinajstić information content (AvgIpc) is 3.54. The Bertz CT molecular complexity index is 1390. The molecule has 0 atom stereocenters. The Morgan fingerprint density at radius 2 is 1.68 bits per heavy atom. The van der Waals surface area contributed by atoms with Gasteiger partial charge in [0.2, 0.25) is 5.89 Å². The molecule has 0 amide bonds. The Morgan fingerprint density at radius 1 is 0.975 bits per heavy atom. The molecule has 0 spiro atoms. The molecule has 0 aliphatic rings. The van der Waals surface area contributed by atoms with Crippen molar-refractivity contribution < 1.29 is 37.0 Å². The molecular weight excluding hydrogens is 540 g/mol. The van der Waals surface area contributed by atoms with Crippen molar-refractivity contribution in [3.63, 3.8) is 0 Å². The van der Waals surface area contributed by atoms with Crippen molar-refractivity contribution in [1.29, 1.82) is 0 Å². The second-order valence-electron chi connectivity index (χ2n) is 8.57. The van der Waals surface area contributed by atoms with Gasteiger partial charge in [-0.15, -0.1) is 18.3 Å². The molecule has 9 nitrogen and oxygen atoms in total. The number of nitrogens with zero attached hydrogens (tertiary/aromatic N) is 4. The second kappa shape index (κ2) is 14.7. The standard InChI is InChI=1S/C27H25F3N4O5.Na.H/c28-27(29,30)39-24-12-7-20(8-13-24)9-14-25-31-22(18-38-25)17-37-23-10-5-19(6-11-23)3-1-2-4-21-15-34(33-32-21)16-26(35)36;;/h5-15,18H,1-4,16-17H2,(H,35,36);;. The zero-order valence-corrected chi connectivity index (χ0v) is 20.7. The number of aryl methyl sites for hydroxylation is 2. The first-order valence-electron chi connectivity index (χ1n) is 12.0. The van der Waals surface area contributed by atoms with Gasteiger partial charge < -0.3 is 19.0 Å². The van der Waals surface area contributed by atoms with Crippen molar-refractivity contribution in [2.75, 3.05) is 0 Å². The predicted octanol–water partition coefficient (Wildman–Crippen LogP) is 4.92. The molecule has 2 heterocycles. The van der Waals surface area contributed by atoms with E-state index in [1.165, 1.54) is 40.8 Å². The zero-order valence-electron chi connectivity index (χ0n) is 20.7.